The Morgan fingerprint density at radius 1 is 0.647 bits per heavy atom. The number of para-hydroxylation sites is 2. The van der Waals surface area contributed by atoms with Crippen LogP contribution < -0.4 is 10.2 Å². The van der Waals surface area contributed by atoms with Gasteiger partial charge in [0.1, 0.15) is 0 Å². The number of carbonyl (C=O) groups is 2. The first kappa shape index (κ1) is 23.4. The lowest BCUT2D eigenvalue weighted by Gasteiger charge is -2.28. The van der Waals surface area contributed by atoms with Gasteiger partial charge in [-0.05, 0) is 56.2 Å². The van der Waals surface area contributed by atoms with Gasteiger partial charge in [0.05, 0.1) is 0 Å². The van der Waals surface area contributed by atoms with Crippen LogP contribution in [0.2, 0.25) is 0 Å². The van der Waals surface area contributed by atoms with Gasteiger partial charge < -0.3 is 0 Å². The van der Waals surface area contributed by atoms with E-state index in [0.29, 0.717) is 28.1 Å². The first-order valence-electron chi connectivity index (χ1n) is 11.1. The van der Waals surface area contributed by atoms with E-state index in [0.717, 1.165) is 5.56 Å². The summed E-state index contributed by atoms with van der Waals surface area (Å²) in [6.45, 7) is 5.58. The molecule has 0 radical (unpaired) electrons. The number of anilines is 2. The molecule has 0 fully saturated rings. The van der Waals surface area contributed by atoms with Gasteiger partial charge in [-0.2, -0.15) is 0 Å². The van der Waals surface area contributed by atoms with Crippen molar-refractivity contribution in [1.29, 1.82) is 0 Å². The Morgan fingerprint density at radius 2 is 1.06 bits per heavy atom. The fourth-order valence-electron chi connectivity index (χ4n) is 4.29. The van der Waals surface area contributed by atoms with Gasteiger partial charge in [-0.25, -0.2) is 0 Å². The average molecular weight is 468 g/mol. The number of aryl methyl sites for hydroxylation is 3. The highest BCUT2D eigenvalue weighted by Gasteiger charge is 2.46. The van der Waals surface area contributed by atoms with Crippen molar-refractivity contribution >= 4 is 35.0 Å². The van der Waals surface area contributed by atoms with Crippen LogP contribution in [-0.4, -0.2) is 11.2 Å². The molecule has 0 aliphatic carbocycles. The fraction of sp³-hybridized carbons (Fsp3) is 0.103. The van der Waals surface area contributed by atoms with Crippen molar-refractivity contribution in [3.63, 3.8) is 0 Å². The lowest BCUT2D eigenvalue weighted by atomic mass is 10.0. The second-order valence-electron chi connectivity index (χ2n) is 8.31. The molecule has 0 aromatic heterocycles. The monoisotopic (exact) mass is 467 g/mol. The Balaban J connectivity index is 1.97. The van der Waals surface area contributed by atoms with Crippen molar-refractivity contribution in [2.75, 3.05) is 4.90 Å². The largest absolute Gasteiger partial charge is 0.302 e. The normalized spacial score (nSPS) is 12.6. The molecular formula is C29H26NO3P. The standard InChI is InChI=1S/C29H26NO3P/c1-21-19-22(2)27(23(3)20-21)28(31)34(33,26-17-11-6-12-18-26)29(32)30(24-13-7-4-8-14-24)25-15-9-5-10-16-25/h4-20H,1-3H3. The van der Waals surface area contributed by atoms with E-state index < -0.39 is 18.3 Å². The second kappa shape index (κ2) is 9.62. The molecule has 1 amide bonds. The Labute approximate surface area is 200 Å². The summed E-state index contributed by atoms with van der Waals surface area (Å²) in [5, 5.41) is 0.223. The van der Waals surface area contributed by atoms with Gasteiger partial charge in [-0.1, -0.05) is 84.4 Å². The van der Waals surface area contributed by atoms with Crippen molar-refractivity contribution in [1.82, 2.24) is 0 Å². The molecule has 4 aromatic carbocycles. The second-order valence-corrected chi connectivity index (χ2v) is 10.8. The maximum atomic E-state index is 14.9. The number of carbonyl (C=O) groups excluding carboxylic acids is 2. The number of nitrogens with zero attached hydrogens (tertiary/aromatic N) is 1. The topological polar surface area (TPSA) is 54.5 Å². The third-order valence-corrected chi connectivity index (χ3v) is 8.35. The number of amides is 1. The van der Waals surface area contributed by atoms with E-state index in [1.54, 1.807) is 54.6 Å². The van der Waals surface area contributed by atoms with E-state index in [4.69, 9.17) is 0 Å². The smallest absolute Gasteiger partial charge is 0.300 e. The minimum atomic E-state index is -4.28. The SMILES string of the molecule is Cc1cc(C)c(C(=O)P(=O)(C(=O)N(c2ccccc2)c2ccccc2)c2ccccc2)c(C)c1. The van der Waals surface area contributed by atoms with Gasteiger partial charge in [-0.3, -0.25) is 19.1 Å². The van der Waals surface area contributed by atoms with Gasteiger partial charge in [0.2, 0.25) is 5.52 Å². The third kappa shape index (κ3) is 4.25. The summed E-state index contributed by atoms with van der Waals surface area (Å²) in [7, 11) is -4.28. The quantitative estimate of drug-likeness (QED) is 0.278. The zero-order chi connectivity index (χ0) is 24.3. The molecule has 170 valence electrons. The summed E-state index contributed by atoms with van der Waals surface area (Å²) in [6.07, 6.45) is 0. The molecular weight excluding hydrogens is 441 g/mol. The van der Waals surface area contributed by atoms with E-state index in [9.17, 15) is 14.2 Å². The minimum absolute atomic E-state index is 0.223. The van der Waals surface area contributed by atoms with Crippen molar-refractivity contribution in [3.05, 3.63) is 125 Å². The summed E-state index contributed by atoms with van der Waals surface area (Å²) in [6, 6.07) is 30.1. The minimum Gasteiger partial charge on any atom is -0.300 e. The van der Waals surface area contributed by atoms with Crippen LogP contribution in [0.1, 0.15) is 27.0 Å². The predicted molar refractivity (Wildman–Crippen MR) is 139 cm³/mol. The van der Waals surface area contributed by atoms with E-state index in [2.05, 4.69) is 0 Å². The van der Waals surface area contributed by atoms with Crippen LogP contribution in [0.25, 0.3) is 0 Å². The van der Waals surface area contributed by atoms with E-state index >= 15 is 0 Å². The number of rotatable bonds is 6. The Kier molecular flexibility index (Phi) is 6.63. The molecule has 1 unspecified atom stereocenters. The van der Waals surface area contributed by atoms with E-state index in [-0.39, 0.29) is 5.30 Å². The molecule has 0 spiro atoms. The molecule has 1 atom stereocenters. The van der Waals surface area contributed by atoms with Crippen LogP contribution in [0, 0.1) is 20.8 Å². The van der Waals surface area contributed by atoms with Gasteiger partial charge >= 0.3 is 5.65 Å². The molecule has 4 rings (SSSR count). The zero-order valence-corrected chi connectivity index (χ0v) is 20.3. The summed E-state index contributed by atoms with van der Waals surface area (Å²) < 4.78 is 14.9. The summed E-state index contributed by atoms with van der Waals surface area (Å²) in [5.41, 5.74) is 2.46. The lowest BCUT2D eigenvalue weighted by molar-refractivity contribution is 0.107. The van der Waals surface area contributed by atoms with Crippen LogP contribution in [0.3, 0.4) is 0 Å². The molecule has 4 aromatic rings. The maximum Gasteiger partial charge on any atom is 0.302 e. The molecule has 0 heterocycles. The van der Waals surface area contributed by atoms with Crippen LogP contribution in [0.5, 0.6) is 0 Å². The Bertz CT molecular complexity index is 1320. The molecule has 0 bridgehead atoms. The van der Waals surface area contributed by atoms with Crippen LogP contribution >= 0.6 is 7.14 Å². The fourth-order valence-corrected chi connectivity index (χ4v) is 6.69. The molecule has 4 nitrogen and oxygen atoms in total. The molecule has 0 saturated heterocycles. The van der Waals surface area contributed by atoms with Crippen molar-refractivity contribution in [3.8, 4) is 0 Å². The first-order chi connectivity index (χ1) is 16.3. The van der Waals surface area contributed by atoms with Gasteiger partial charge in [0, 0.05) is 22.2 Å². The first-order valence-corrected chi connectivity index (χ1v) is 12.8. The molecule has 0 N–H and O–H groups in total. The molecule has 0 saturated carbocycles. The number of hydrogen-bond acceptors (Lipinski definition) is 3. The van der Waals surface area contributed by atoms with Gasteiger partial charge in [-0.15, -0.1) is 0 Å². The van der Waals surface area contributed by atoms with Crippen LogP contribution in [0.4, 0.5) is 16.2 Å². The summed E-state index contributed by atoms with van der Waals surface area (Å²) in [5.74, 6) is 0. The van der Waals surface area contributed by atoms with Crippen LogP contribution in [-0.2, 0) is 4.57 Å². The van der Waals surface area contributed by atoms with Gasteiger partial charge in [0.25, 0.3) is 7.14 Å². The third-order valence-electron chi connectivity index (χ3n) is 5.79. The molecule has 0 aliphatic rings. The van der Waals surface area contributed by atoms with Crippen molar-refractivity contribution < 1.29 is 14.2 Å². The number of hydrogen-bond donors (Lipinski definition) is 0. The van der Waals surface area contributed by atoms with E-state index in [1.165, 1.54) is 4.90 Å². The van der Waals surface area contributed by atoms with E-state index in [1.807, 2.05) is 69.3 Å². The van der Waals surface area contributed by atoms with Crippen LogP contribution in [0.15, 0.2) is 103 Å². The number of benzene rings is 4. The Morgan fingerprint density at radius 3 is 1.50 bits per heavy atom. The average Bonchev–Trinajstić information content (AvgIpc) is 2.85. The van der Waals surface area contributed by atoms with Crippen molar-refractivity contribution in [2.24, 2.45) is 0 Å². The highest BCUT2D eigenvalue weighted by molar-refractivity contribution is 8.00. The lowest BCUT2D eigenvalue weighted by Crippen LogP contribution is -2.31. The predicted octanol–water partition coefficient (Wildman–Crippen LogP) is 7.40. The molecule has 5 heteroatoms. The summed E-state index contributed by atoms with van der Waals surface area (Å²) >= 11 is 0. The highest BCUT2D eigenvalue weighted by atomic mass is 31.2. The molecule has 34 heavy (non-hydrogen) atoms. The maximum absolute atomic E-state index is 14.9. The Hall–Kier alpha value is -3.75. The zero-order valence-electron chi connectivity index (χ0n) is 19.4. The van der Waals surface area contributed by atoms with Crippen molar-refractivity contribution in [2.45, 2.75) is 20.8 Å². The highest BCUT2D eigenvalue weighted by Crippen LogP contribution is 2.53. The van der Waals surface area contributed by atoms with Gasteiger partial charge in [0.15, 0.2) is 0 Å². The molecule has 0 aliphatic heterocycles. The summed E-state index contributed by atoms with van der Waals surface area (Å²) in [4.78, 5) is 29.8.